The zero-order valence-corrected chi connectivity index (χ0v) is 59.1. The van der Waals surface area contributed by atoms with Gasteiger partial charge >= 0.3 is 17.9 Å². The van der Waals surface area contributed by atoms with E-state index in [0.29, 0.717) is 77.4 Å². The third-order valence-electron chi connectivity index (χ3n) is 19.5. The number of methoxy groups -OCH3 is 1. The van der Waals surface area contributed by atoms with E-state index >= 15 is 17.6 Å². The van der Waals surface area contributed by atoms with Crippen molar-refractivity contribution in [1.82, 2.24) is 0 Å². The lowest BCUT2D eigenvalue weighted by atomic mass is 9.84. The molecule has 14 nitrogen and oxygen atoms in total. The van der Waals surface area contributed by atoms with Gasteiger partial charge in [-0.15, -0.1) is 0 Å². The molecule has 2 aliphatic carbocycles. The molecule has 0 spiro atoms. The van der Waals surface area contributed by atoms with Gasteiger partial charge in [-0.1, -0.05) is 107 Å². The Morgan fingerprint density at radius 3 is 1.37 bits per heavy atom. The number of aliphatic hydroxyl groups is 2. The van der Waals surface area contributed by atoms with Crippen LogP contribution < -0.4 is 0 Å². The van der Waals surface area contributed by atoms with Gasteiger partial charge in [0.2, 0.25) is 0 Å². The van der Waals surface area contributed by atoms with Crippen LogP contribution in [0.3, 0.4) is 0 Å². The summed E-state index contributed by atoms with van der Waals surface area (Å²) in [6.07, 6.45) is 14.8. The van der Waals surface area contributed by atoms with Gasteiger partial charge in [0.15, 0.2) is 29.2 Å². The Hall–Kier alpha value is -1.76. The molecule has 0 amide bonds. The second-order valence-electron chi connectivity index (χ2n) is 28.6. The summed E-state index contributed by atoms with van der Waals surface area (Å²) in [6, 6.07) is 0. The van der Waals surface area contributed by atoms with E-state index in [-0.39, 0.29) is 115 Å². The third-order valence-corrected chi connectivity index (χ3v) is 28.4. The van der Waals surface area contributed by atoms with Crippen LogP contribution in [0.4, 0.5) is 17.6 Å². The summed E-state index contributed by atoms with van der Waals surface area (Å²) < 4.78 is 111. The second kappa shape index (κ2) is 40.4. The van der Waals surface area contributed by atoms with Crippen molar-refractivity contribution in [2.24, 2.45) is 23.7 Å². The molecule has 2 aliphatic heterocycles. The van der Waals surface area contributed by atoms with Crippen LogP contribution in [0.5, 0.6) is 0 Å². The lowest BCUT2D eigenvalue weighted by molar-refractivity contribution is -0.197. The lowest BCUT2D eigenvalue weighted by Gasteiger charge is -2.42. The van der Waals surface area contributed by atoms with E-state index in [1.165, 1.54) is 14.0 Å². The number of carboxylic acids is 1. The predicted molar refractivity (Wildman–Crippen MR) is 341 cm³/mol. The summed E-state index contributed by atoms with van der Waals surface area (Å²) in [5.41, 5.74) is 0. The fourth-order valence-electron chi connectivity index (χ4n) is 12.3. The standard InChI is InChI=1S/C34H62F2O7Si.C31H58F2O6Si.C2H6O/c1-9-10-22-34(35,36)30(43-44(7,8)33(3,4)5)21-20-27-26(17-13-11-12-14-18-31(38)39-6)28(41-25(2)37)24-29(27)42-32-19-15-16-23-40-32;1-7-8-20-31(32,33)27(39-40(5,6)30(2,3)4)19-18-24-23(15-11-9-10-12-16-28(35)36)25(34)22-26(24)38-29-17-13-14-21-37-29;1-2-3/h26-30,32H,9-24H2,1-8H3;23-27,29,34H,7-22H2,1-6H3,(H,35,36);3H,2H2,1H3/t26-,27-,28+,29-,30?,32?;23-,24-,25+,26-,27?,29?;/m11./s1. The van der Waals surface area contributed by atoms with E-state index < -0.39 is 52.8 Å². The highest BCUT2D eigenvalue weighted by Crippen LogP contribution is 2.48. The van der Waals surface area contributed by atoms with Crippen molar-refractivity contribution in [3.8, 4) is 0 Å². The van der Waals surface area contributed by atoms with E-state index in [1.807, 2.05) is 40.0 Å². The average molecular weight is 1290 g/mol. The minimum Gasteiger partial charge on any atom is -0.481 e. The number of hydrogen-bond acceptors (Lipinski definition) is 13. The molecule has 2 heterocycles. The number of aliphatic carboxylic acids is 1. The summed E-state index contributed by atoms with van der Waals surface area (Å²) >= 11 is 0. The molecule has 2 saturated carbocycles. The predicted octanol–water partition coefficient (Wildman–Crippen LogP) is 17.3. The summed E-state index contributed by atoms with van der Waals surface area (Å²) in [5, 5.41) is 27.2. The Labute approximate surface area is 526 Å². The molecule has 0 aromatic heterocycles. The molecule has 0 aromatic carbocycles. The van der Waals surface area contributed by atoms with Gasteiger partial charge in [-0.05, 0) is 164 Å². The smallest absolute Gasteiger partial charge is 0.305 e. The summed E-state index contributed by atoms with van der Waals surface area (Å²) in [4.78, 5) is 34.4. The molecule has 12 atom stereocenters. The fourth-order valence-corrected chi connectivity index (χ4v) is 15.0. The van der Waals surface area contributed by atoms with Crippen molar-refractivity contribution >= 4 is 34.5 Å². The van der Waals surface area contributed by atoms with Crippen molar-refractivity contribution in [1.29, 1.82) is 0 Å². The Bertz CT molecular complexity index is 1870. The lowest BCUT2D eigenvalue weighted by Crippen LogP contribution is -2.49. The number of unbranched alkanes of at least 4 members (excludes halogenated alkanes) is 8. The topological polar surface area (TPSA) is 186 Å². The molecule has 4 fully saturated rings. The maximum atomic E-state index is 15.8. The molecular formula is C67H126F4O14Si2. The number of carbonyl (C=O) groups excluding carboxylic acids is 2. The van der Waals surface area contributed by atoms with Crippen LogP contribution in [0.15, 0.2) is 0 Å². The van der Waals surface area contributed by atoms with Gasteiger partial charge < -0.3 is 52.6 Å². The number of aliphatic hydroxyl groups excluding tert-OH is 2. The molecule has 4 unspecified atom stereocenters. The Balaban J connectivity index is 0.000000570. The highest BCUT2D eigenvalue weighted by Gasteiger charge is 2.52. The van der Waals surface area contributed by atoms with Crippen molar-refractivity contribution in [2.45, 2.75) is 359 Å². The number of halogens is 4. The molecule has 0 bridgehead atoms. The molecule has 3 N–H and O–H groups in total. The Morgan fingerprint density at radius 2 is 0.977 bits per heavy atom. The van der Waals surface area contributed by atoms with Crippen molar-refractivity contribution in [3.63, 3.8) is 0 Å². The zero-order chi connectivity index (χ0) is 65.7. The van der Waals surface area contributed by atoms with Gasteiger partial charge in [0, 0.05) is 71.2 Å². The van der Waals surface area contributed by atoms with Crippen molar-refractivity contribution in [3.05, 3.63) is 0 Å². The zero-order valence-electron chi connectivity index (χ0n) is 57.1. The number of carbonyl (C=O) groups is 3. The summed E-state index contributed by atoms with van der Waals surface area (Å²) in [6.45, 7) is 29.2. The van der Waals surface area contributed by atoms with Crippen LogP contribution >= 0.6 is 0 Å². The third kappa shape index (κ3) is 29.8. The SMILES string of the molecule is CCCCC(F)(F)C(CC[C@@H]1[C@@H](CCCCCCC(=O)O)[C@@H](O)C[C@H]1OC1CCCCO1)O[Si](C)(C)C(C)(C)C.CCCCC(F)(F)C(CC[C@@H]1[C@@H](CCCCCCC(=O)OC)[C@@H](OC(C)=O)C[C@H]1OC1CCCCO1)O[Si](C)(C)C(C)(C)C.CCO. The number of ether oxygens (including phenoxy) is 6. The van der Waals surface area contributed by atoms with Gasteiger partial charge in [-0.25, -0.2) is 17.6 Å². The van der Waals surface area contributed by atoms with Crippen LogP contribution in [0.25, 0.3) is 0 Å². The van der Waals surface area contributed by atoms with Crippen LogP contribution in [-0.4, -0.2) is 138 Å². The Morgan fingerprint density at radius 1 is 0.575 bits per heavy atom. The van der Waals surface area contributed by atoms with Crippen LogP contribution in [0, 0.1) is 23.7 Å². The summed E-state index contributed by atoms with van der Waals surface area (Å²) in [7, 11) is -3.52. The largest absolute Gasteiger partial charge is 0.481 e. The maximum Gasteiger partial charge on any atom is 0.305 e. The molecule has 514 valence electrons. The molecule has 2 saturated heterocycles. The van der Waals surface area contributed by atoms with Gasteiger partial charge in [-0.3, -0.25) is 14.4 Å². The number of carboxylic acid groups (broad SMARTS) is 1. The average Bonchev–Trinajstić information content (AvgIpc) is 2.05. The van der Waals surface area contributed by atoms with Crippen LogP contribution in [0.2, 0.25) is 36.3 Å². The minimum absolute atomic E-state index is 0.00844. The first-order chi connectivity index (χ1) is 40.7. The van der Waals surface area contributed by atoms with E-state index in [1.54, 1.807) is 6.92 Å². The van der Waals surface area contributed by atoms with Crippen molar-refractivity contribution < 1.29 is 84.5 Å². The number of hydrogen-bond donors (Lipinski definition) is 3. The van der Waals surface area contributed by atoms with E-state index in [2.05, 4.69) is 41.5 Å². The number of alkyl halides is 4. The molecule has 87 heavy (non-hydrogen) atoms. The highest BCUT2D eigenvalue weighted by atomic mass is 28.4. The summed E-state index contributed by atoms with van der Waals surface area (Å²) in [5.74, 6) is -7.32. The van der Waals surface area contributed by atoms with Crippen LogP contribution in [-0.2, 0) is 51.7 Å². The van der Waals surface area contributed by atoms with Gasteiger partial charge in [-0.2, -0.15) is 0 Å². The second-order valence-corrected chi connectivity index (χ2v) is 38.1. The molecular weight excluding hydrogens is 1160 g/mol. The molecule has 0 radical (unpaired) electrons. The molecule has 0 aromatic rings. The first-order valence-corrected chi connectivity index (χ1v) is 39.9. The normalized spacial score (nSPS) is 25.6. The number of esters is 2. The molecule has 4 aliphatic rings. The van der Waals surface area contributed by atoms with Gasteiger partial charge in [0.05, 0.1) is 25.4 Å². The highest BCUT2D eigenvalue weighted by molar-refractivity contribution is 6.74. The fraction of sp³-hybridized carbons (Fsp3) is 0.955. The monoisotopic (exact) mass is 1290 g/mol. The minimum atomic E-state index is -2.93. The van der Waals surface area contributed by atoms with E-state index in [9.17, 15) is 19.5 Å². The molecule has 4 rings (SSSR count). The number of rotatable bonds is 37. The molecule has 20 heteroatoms. The van der Waals surface area contributed by atoms with Gasteiger partial charge in [0.25, 0.3) is 11.8 Å². The van der Waals surface area contributed by atoms with Gasteiger partial charge in [0.1, 0.15) is 18.3 Å². The van der Waals surface area contributed by atoms with Crippen molar-refractivity contribution in [2.75, 3.05) is 26.9 Å². The van der Waals surface area contributed by atoms with E-state index in [4.69, 9.17) is 47.5 Å². The van der Waals surface area contributed by atoms with Crippen LogP contribution in [0.1, 0.15) is 262 Å². The van der Waals surface area contributed by atoms with E-state index in [0.717, 1.165) is 96.3 Å². The maximum absolute atomic E-state index is 15.8. The first-order valence-electron chi connectivity index (χ1n) is 34.1. The Kier molecular flexibility index (Phi) is 37.7. The quantitative estimate of drug-likeness (QED) is 0.0231. The first kappa shape index (κ1) is 81.3.